The quantitative estimate of drug-likeness (QED) is 0.621. The van der Waals surface area contributed by atoms with Gasteiger partial charge in [0, 0.05) is 19.2 Å². The van der Waals surface area contributed by atoms with Crippen molar-refractivity contribution in [1.29, 1.82) is 0 Å². The van der Waals surface area contributed by atoms with Crippen molar-refractivity contribution in [3.05, 3.63) is 0 Å². The summed E-state index contributed by atoms with van der Waals surface area (Å²) < 4.78 is 5.32. The molecule has 3 N–H and O–H groups in total. The highest BCUT2D eigenvalue weighted by molar-refractivity contribution is 5.36. The number of rotatable bonds is 9. The van der Waals surface area contributed by atoms with Gasteiger partial charge in [-0.1, -0.05) is 6.92 Å². The van der Waals surface area contributed by atoms with E-state index < -0.39 is 0 Å². The Kier molecular flexibility index (Phi) is 6.88. The molecule has 7 heteroatoms. The van der Waals surface area contributed by atoms with Crippen LogP contribution < -0.4 is 15.4 Å². The summed E-state index contributed by atoms with van der Waals surface area (Å²) in [5.41, 5.74) is 0. The van der Waals surface area contributed by atoms with Gasteiger partial charge in [-0.2, -0.15) is 15.0 Å². The fraction of sp³-hybridized carbons (Fsp3) is 0.750. The first-order valence-electron chi connectivity index (χ1n) is 6.73. The van der Waals surface area contributed by atoms with Gasteiger partial charge in [0.2, 0.25) is 11.9 Å². The predicted molar refractivity (Wildman–Crippen MR) is 74.6 cm³/mol. The Morgan fingerprint density at radius 2 is 1.89 bits per heavy atom. The molecule has 1 rings (SSSR count). The number of aliphatic hydroxyl groups excluding tert-OH is 1. The number of aromatic nitrogens is 3. The molecular formula is C12H23N5O2. The standard InChI is InChI=1S/C12H23N5O2/c1-4-9(7-8-18)14-11-15-10(13-5-2)16-12(17-11)19-6-3/h9,18H,4-8H2,1-3H3,(H2,13,14,15,16,17). The number of aliphatic hydroxyl groups is 1. The molecule has 1 heterocycles. The smallest absolute Gasteiger partial charge is 0.323 e. The van der Waals surface area contributed by atoms with Gasteiger partial charge in [0.05, 0.1) is 6.61 Å². The topological polar surface area (TPSA) is 92.2 Å². The highest BCUT2D eigenvalue weighted by Crippen LogP contribution is 2.13. The summed E-state index contributed by atoms with van der Waals surface area (Å²) in [6, 6.07) is 0.436. The summed E-state index contributed by atoms with van der Waals surface area (Å²) in [6.45, 7) is 7.26. The highest BCUT2D eigenvalue weighted by Gasteiger charge is 2.11. The number of anilines is 2. The van der Waals surface area contributed by atoms with Crippen LogP contribution in [0.3, 0.4) is 0 Å². The maximum absolute atomic E-state index is 8.99. The lowest BCUT2D eigenvalue weighted by Crippen LogP contribution is -2.22. The molecule has 0 aliphatic carbocycles. The van der Waals surface area contributed by atoms with Crippen molar-refractivity contribution in [3.8, 4) is 6.01 Å². The summed E-state index contributed by atoms with van der Waals surface area (Å²) >= 11 is 0. The summed E-state index contributed by atoms with van der Waals surface area (Å²) in [5, 5.41) is 15.2. The van der Waals surface area contributed by atoms with Crippen LogP contribution in [0.15, 0.2) is 0 Å². The summed E-state index contributed by atoms with van der Waals surface area (Å²) in [4.78, 5) is 12.6. The Bertz CT molecular complexity index is 351. The zero-order valence-corrected chi connectivity index (χ0v) is 11.8. The van der Waals surface area contributed by atoms with Crippen LogP contribution in [0.5, 0.6) is 6.01 Å². The monoisotopic (exact) mass is 269 g/mol. The second-order valence-electron chi connectivity index (χ2n) is 3.99. The Labute approximate surface area is 113 Å². The van der Waals surface area contributed by atoms with E-state index in [1.165, 1.54) is 0 Å². The molecular weight excluding hydrogens is 246 g/mol. The fourth-order valence-corrected chi connectivity index (χ4v) is 1.57. The van der Waals surface area contributed by atoms with Crippen LogP contribution >= 0.6 is 0 Å². The fourth-order valence-electron chi connectivity index (χ4n) is 1.57. The molecule has 1 unspecified atom stereocenters. The predicted octanol–water partition coefficient (Wildman–Crippen LogP) is 1.27. The second kappa shape index (κ2) is 8.47. The number of ether oxygens (including phenoxy) is 1. The minimum Gasteiger partial charge on any atom is -0.464 e. The van der Waals surface area contributed by atoms with Crippen LogP contribution in [0.2, 0.25) is 0 Å². The number of nitrogens with one attached hydrogen (secondary N) is 2. The van der Waals surface area contributed by atoms with E-state index >= 15 is 0 Å². The first kappa shape index (κ1) is 15.4. The largest absolute Gasteiger partial charge is 0.464 e. The zero-order chi connectivity index (χ0) is 14.1. The maximum Gasteiger partial charge on any atom is 0.323 e. The Morgan fingerprint density at radius 3 is 2.47 bits per heavy atom. The maximum atomic E-state index is 8.99. The van der Waals surface area contributed by atoms with Crippen LogP contribution in [-0.4, -0.2) is 45.9 Å². The van der Waals surface area contributed by atoms with Gasteiger partial charge < -0.3 is 20.5 Å². The highest BCUT2D eigenvalue weighted by atomic mass is 16.5. The van der Waals surface area contributed by atoms with Crippen LogP contribution in [-0.2, 0) is 0 Å². The van der Waals surface area contributed by atoms with Gasteiger partial charge in [0.25, 0.3) is 0 Å². The molecule has 0 radical (unpaired) electrons. The summed E-state index contributed by atoms with van der Waals surface area (Å²) in [6.07, 6.45) is 1.54. The minimum absolute atomic E-state index is 0.134. The third-order valence-corrected chi connectivity index (χ3v) is 2.53. The molecule has 108 valence electrons. The number of nitrogens with zero attached hydrogens (tertiary/aromatic N) is 3. The average Bonchev–Trinajstić information content (AvgIpc) is 2.39. The molecule has 0 saturated heterocycles. The van der Waals surface area contributed by atoms with E-state index in [4.69, 9.17) is 9.84 Å². The van der Waals surface area contributed by atoms with Gasteiger partial charge >= 0.3 is 6.01 Å². The Balaban J connectivity index is 2.84. The first-order valence-corrected chi connectivity index (χ1v) is 6.73. The second-order valence-corrected chi connectivity index (χ2v) is 3.99. The van der Waals surface area contributed by atoms with Crippen LogP contribution in [0.4, 0.5) is 11.9 Å². The van der Waals surface area contributed by atoms with Crippen molar-refractivity contribution in [3.63, 3.8) is 0 Å². The van der Waals surface area contributed by atoms with Gasteiger partial charge in [0.15, 0.2) is 0 Å². The molecule has 19 heavy (non-hydrogen) atoms. The molecule has 1 aromatic heterocycles. The average molecular weight is 269 g/mol. The van der Waals surface area contributed by atoms with Crippen molar-refractivity contribution in [1.82, 2.24) is 15.0 Å². The molecule has 0 amide bonds. The molecule has 0 bridgehead atoms. The summed E-state index contributed by atoms with van der Waals surface area (Å²) in [5.74, 6) is 0.956. The van der Waals surface area contributed by atoms with Gasteiger partial charge in [0.1, 0.15) is 0 Å². The van der Waals surface area contributed by atoms with Gasteiger partial charge in [-0.15, -0.1) is 0 Å². The van der Waals surface area contributed by atoms with Crippen molar-refractivity contribution in [2.24, 2.45) is 0 Å². The van der Waals surface area contributed by atoms with E-state index in [0.29, 0.717) is 30.9 Å². The molecule has 0 aliphatic heterocycles. The lowest BCUT2D eigenvalue weighted by atomic mass is 10.2. The van der Waals surface area contributed by atoms with E-state index in [1.54, 1.807) is 0 Å². The lowest BCUT2D eigenvalue weighted by Gasteiger charge is -2.16. The van der Waals surface area contributed by atoms with Gasteiger partial charge in [-0.25, -0.2) is 0 Å². The third kappa shape index (κ3) is 5.25. The molecule has 0 spiro atoms. The Morgan fingerprint density at radius 1 is 1.16 bits per heavy atom. The normalized spacial score (nSPS) is 12.0. The van der Waals surface area contributed by atoms with E-state index in [1.807, 2.05) is 20.8 Å². The lowest BCUT2D eigenvalue weighted by molar-refractivity contribution is 0.277. The Hall–Kier alpha value is -1.63. The molecule has 0 fully saturated rings. The van der Waals surface area contributed by atoms with E-state index in [2.05, 4.69) is 25.6 Å². The van der Waals surface area contributed by atoms with Crippen LogP contribution in [0, 0.1) is 0 Å². The van der Waals surface area contributed by atoms with Gasteiger partial charge in [-0.3, -0.25) is 0 Å². The zero-order valence-electron chi connectivity index (χ0n) is 11.8. The van der Waals surface area contributed by atoms with E-state index in [9.17, 15) is 0 Å². The van der Waals surface area contributed by atoms with Crippen molar-refractivity contribution < 1.29 is 9.84 Å². The van der Waals surface area contributed by atoms with E-state index in [0.717, 1.165) is 13.0 Å². The van der Waals surface area contributed by atoms with Crippen molar-refractivity contribution in [2.75, 3.05) is 30.4 Å². The molecule has 0 aromatic carbocycles. The molecule has 1 aromatic rings. The van der Waals surface area contributed by atoms with E-state index in [-0.39, 0.29) is 12.6 Å². The molecule has 0 aliphatic rings. The molecule has 7 nitrogen and oxygen atoms in total. The van der Waals surface area contributed by atoms with Crippen LogP contribution in [0.1, 0.15) is 33.6 Å². The SMILES string of the molecule is CCNc1nc(NC(CC)CCO)nc(OCC)n1. The minimum atomic E-state index is 0.134. The molecule has 0 saturated carbocycles. The number of hydrogen-bond donors (Lipinski definition) is 3. The van der Waals surface area contributed by atoms with Gasteiger partial charge in [-0.05, 0) is 26.7 Å². The van der Waals surface area contributed by atoms with Crippen LogP contribution in [0.25, 0.3) is 0 Å². The summed E-state index contributed by atoms with van der Waals surface area (Å²) in [7, 11) is 0. The molecule has 1 atom stereocenters. The first-order chi connectivity index (χ1) is 9.23. The van der Waals surface area contributed by atoms with Crippen molar-refractivity contribution >= 4 is 11.9 Å². The third-order valence-electron chi connectivity index (χ3n) is 2.53. The number of hydrogen-bond acceptors (Lipinski definition) is 7. The van der Waals surface area contributed by atoms with Crippen molar-refractivity contribution in [2.45, 2.75) is 39.7 Å².